The molecule has 0 aliphatic rings. The van der Waals surface area contributed by atoms with Gasteiger partial charge in [0.1, 0.15) is 0 Å². The molecule has 0 aromatic heterocycles. The third kappa shape index (κ3) is 10.6. The summed E-state index contributed by atoms with van der Waals surface area (Å²) in [5.41, 5.74) is 0. The Hall–Kier alpha value is -0.200. The minimum absolute atomic E-state index is 0.164. The molecule has 0 aliphatic carbocycles. The quantitative estimate of drug-likeness (QED) is 0.314. The number of aliphatic hydroxyl groups is 3. The van der Waals surface area contributed by atoms with Crippen LogP contribution in [0.25, 0.3) is 0 Å². The summed E-state index contributed by atoms with van der Waals surface area (Å²) in [5, 5.41) is 30.2. The van der Waals surface area contributed by atoms with Gasteiger partial charge >= 0.3 is 0 Å². The van der Waals surface area contributed by atoms with Crippen LogP contribution < -0.4 is 0 Å². The molecule has 146 valence electrons. The van der Waals surface area contributed by atoms with Crippen LogP contribution in [0.4, 0.5) is 0 Å². The Morgan fingerprint density at radius 2 is 1.04 bits per heavy atom. The average molecular weight is 347 g/mol. The molecule has 0 aliphatic heterocycles. The maximum atomic E-state index is 10.4. The molecule has 0 spiro atoms. The first-order valence-corrected chi connectivity index (χ1v) is 9.85. The van der Waals surface area contributed by atoms with Gasteiger partial charge in [0.15, 0.2) is 0 Å². The molecule has 0 saturated carbocycles. The first-order valence-electron chi connectivity index (χ1n) is 9.85. The van der Waals surface area contributed by atoms with Gasteiger partial charge in [-0.05, 0) is 46.7 Å². The Morgan fingerprint density at radius 3 is 1.29 bits per heavy atom. The summed E-state index contributed by atoms with van der Waals surface area (Å²) in [4.78, 5) is 4.39. The van der Waals surface area contributed by atoms with Crippen LogP contribution >= 0.6 is 0 Å². The highest BCUT2D eigenvalue weighted by atomic mass is 16.3. The molecular formula is C19H42N2O3. The van der Waals surface area contributed by atoms with Crippen molar-refractivity contribution >= 4 is 0 Å². The molecule has 0 bridgehead atoms. The zero-order valence-corrected chi connectivity index (χ0v) is 16.6. The van der Waals surface area contributed by atoms with E-state index in [4.69, 9.17) is 0 Å². The van der Waals surface area contributed by atoms with E-state index in [0.717, 1.165) is 51.6 Å². The van der Waals surface area contributed by atoms with Gasteiger partial charge in [-0.15, -0.1) is 0 Å². The van der Waals surface area contributed by atoms with Crippen molar-refractivity contribution in [3.63, 3.8) is 0 Å². The largest absolute Gasteiger partial charge is 0.392 e. The van der Waals surface area contributed by atoms with Crippen LogP contribution in [0.5, 0.6) is 0 Å². The van der Waals surface area contributed by atoms with Gasteiger partial charge in [0.25, 0.3) is 0 Å². The number of hydrogen-bond acceptors (Lipinski definition) is 5. The van der Waals surface area contributed by atoms with Gasteiger partial charge in [-0.25, -0.2) is 0 Å². The Bertz CT molecular complexity index is 262. The van der Waals surface area contributed by atoms with Crippen LogP contribution in [0.2, 0.25) is 0 Å². The van der Waals surface area contributed by atoms with Gasteiger partial charge in [0, 0.05) is 13.1 Å². The third-order valence-corrected chi connectivity index (χ3v) is 4.27. The van der Waals surface area contributed by atoms with Gasteiger partial charge in [-0.3, -0.25) is 9.80 Å². The zero-order chi connectivity index (χ0) is 18.5. The normalized spacial score (nSPS) is 17.2. The predicted molar refractivity (Wildman–Crippen MR) is 101 cm³/mol. The van der Waals surface area contributed by atoms with E-state index < -0.39 is 18.3 Å². The lowest BCUT2D eigenvalue weighted by atomic mass is 10.1. The van der Waals surface area contributed by atoms with E-state index in [-0.39, 0.29) is 6.17 Å². The van der Waals surface area contributed by atoms with Crippen molar-refractivity contribution in [1.82, 2.24) is 9.80 Å². The van der Waals surface area contributed by atoms with Crippen LogP contribution in [-0.4, -0.2) is 75.8 Å². The minimum Gasteiger partial charge on any atom is -0.392 e. The molecule has 0 aromatic carbocycles. The van der Waals surface area contributed by atoms with E-state index in [1.165, 1.54) is 0 Å². The lowest BCUT2D eigenvalue weighted by Crippen LogP contribution is -2.57. The molecule has 3 unspecified atom stereocenters. The van der Waals surface area contributed by atoms with E-state index in [2.05, 4.69) is 23.6 Å². The molecule has 5 nitrogen and oxygen atoms in total. The van der Waals surface area contributed by atoms with E-state index in [0.29, 0.717) is 13.1 Å². The number of nitrogens with zero attached hydrogens (tertiary/aromatic N) is 2. The van der Waals surface area contributed by atoms with Crippen LogP contribution in [-0.2, 0) is 0 Å². The van der Waals surface area contributed by atoms with Crippen molar-refractivity contribution in [2.24, 2.45) is 0 Å². The topological polar surface area (TPSA) is 67.2 Å². The Labute approximate surface area is 149 Å². The van der Waals surface area contributed by atoms with Gasteiger partial charge in [-0.1, -0.05) is 39.5 Å². The minimum atomic E-state index is -0.536. The number of rotatable bonds is 15. The molecule has 0 aromatic rings. The second kappa shape index (κ2) is 14.0. The summed E-state index contributed by atoms with van der Waals surface area (Å²) in [6.07, 6.45) is 5.14. The fourth-order valence-corrected chi connectivity index (χ4v) is 3.31. The lowest BCUT2D eigenvalue weighted by Gasteiger charge is -2.42. The van der Waals surface area contributed by atoms with Crippen LogP contribution in [0, 0.1) is 0 Å². The van der Waals surface area contributed by atoms with Crippen molar-refractivity contribution < 1.29 is 15.3 Å². The van der Waals surface area contributed by atoms with Crippen LogP contribution in [0.1, 0.15) is 73.1 Å². The summed E-state index contributed by atoms with van der Waals surface area (Å²) in [7, 11) is 0. The second-order valence-electron chi connectivity index (χ2n) is 7.26. The van der Waals surface area contributed by atoms with E-state index in [9.17, 15) is 15.3 Å². The van der Waals surface area contributed by atoms with Gasteiger partial charge < -0.3 is 15.3 Å². The number of unbranched alkanes of at least 4 members (excludes halogenated alkanes) is 4. The molecule has 3 N–H and O–H groups in total. The fraction of sp³-hybridized carbons (Fsp3) is 1.00. The summed E-state index contributed by atoms with van der Waals surface area (Å²) in [6, 6.07) is 0. The Morgan fingerprint density at radius 1 is 0.667 bits per heavy atom. The molecular weight excluding hydrogens is 304 g/mol. The molecule has 24 heavy (non-hydrogen) atoms. The fourth-order valence-electron chi connectivity index (χ4n) is 3.31. The maximum Gasteiger partial charge on any atom is 0.0889 e. The number of hydrogen-bond donors (Lipinski definition) is 3. The standard InChI is InChI=1S/C19H42N2O3/c1-6-8-10-12-20(14-16(3)22)19(18(5)24)21(15-17(4)23)13-11-9-7-2/h16-19,22-24H,6-15H2,1-5H3. The summed E-state index contributed by atoms with van der Waals surface area (Å²) in [5.74, 6) is 0. The number of aliphatic hydroxyl groups excluding tert-OH is 3. The van der Waals surface area contributed by atoms with Gasteiger partial charge in [0.05, 0.1) is 24.5 Å². The first-order chi connectivity index (χ1) is 11.3. The van der Waals surface area contributed by atoms with Crippen LogP contribution in [0.15, 0.2) is 0 Å². The summed E-state index contributed by atoms with van der Waals surface area (Å²) >= 11 is 0. The zero-order valence-electron chi connectivity index (χ0n) is 16.6. The molecule has 3 atom stereocenters. The maximum absolute atomic E-state index is 10.4. The molecule has 0 amide bonds. The highest BCUT2D eigenvalue weighted by molar-refractivity contribution is 4.80. The smallest absolute Gasteiger partial charge is 0.0889 e. The molecule has 0 heterocycles. The Balaban J connectivity index is 5.15. The van der Waals surface area contributed by atoms with Crippen LogP contribution in [0.3, 0.4) is 0 Å². The van der Waals surface area contributed by atoms with E-state index >= 15 is 0 Å². The first kappa shape index (κ1) is 23.8. The van der Waals surface area contributed by atoms with Crippen molar-refractivity contribution in [3.8, 4) is 0 Å². The molecule has 0 fully saturated rings. The SMILES string of the molecule is CCCCCN(CC(C)O)C(C(C)O)N(CCCCC)CC(C)O. The molecule has 5 heteroatoms. The van der Waals surface area contributed by atoms with Gasteiger partial charge in [0.2, 0.25) is 0 Å². The van der Waals surface area contributed by atoms with Crippen molar-refractivity contribution in [2.75, 3.05) is 26.2 Å². The van der Waals surface area contributed by atoms with E-state index in [1.807, 2.05) is 6.92 Å². The second-order valence-corrected chi connectivity index (χ2v) is 7.26. The average Bonchev–Trinajstić information content (AvgIpc) is 2.46. The highest BCUT2D eigenvalue weighted by Gasteiger charge is 2.30. The summed E-state index contributed by atoms with van der Waals surface area (Å²) < 4.78 is 0. The van der Waals surface area contributed by atoms with Gasteiger partial charge in [-0.2, -0.15) is 0 Å². The monoisotopic (exact) mass is 346 g/mol. The molecule has 0 rings (SSSR count). The predicted octanol–water partition coefficient (Wildman–Crippen LogP) is 2.44. The highest BCUT2D eigenvalue weighted by Crippen LogP contribution is 2.16. The van der Waals surface area contributed by atoms with Crippen molar-refractivity contribution in [3.05, 3.63) is 0 Å². The lowest BCUT2D eigenvalue weighted by molar-refractivity contribution is -0.0656. The third-order valence-electron chi connectivity index (χ3n) is 4.27. The van der Waals surface area contributed by atoms with E-state index in [1.54, 1.807) is 13.8 Å². The van der Waals surface area contributed by atoms with Crippen molar-refractivity contribution in [1.29, 1.82) is 0 Å². The summed E-state index contributed by atoms with van der Waals surface area (Å²) in [6.45, 7) is 12.6. The molecule has 0 saturated heterocycles. The van der Waals surface area contributed by atoms with Crippen molar-refractivity contribution in [2.45, 2.75) is 97.6 Å². The molecule has 0 radical (unpaired) electrons. The Kier molecular flexibility index (Phi) is 13.9.